The van der Waals surface area contributed by atoms with Gasteiger partial charge in [0.05, 0.1) is 5.56 Å². The Bertz CT molecular complexity index is 501. The zero-order valence-electron chi connectivity index (χ0n) is 7.84. The van der Waals surface area contributed by atoms with Crippen molar-refractivity contribution in [1.29, 1.82) is 5.26 Å². The van der Waals surface area contributed by atoms with E-state index in [-0.39, 0.29) is 0 Å². The summed E-state index contributed by atoms with van der Waals surface area (Å²) >= 11 is 2.67. The molecular weight excluding hydrogens is 228 g/mol. The van der Waals surface area contributed by atoms with Crippen LogP contribution in [0.15, 0.2) is 27.8 Å². The largest absolute Gasteiger partial charge is 0.245 e. The SMILES string of the molecule is Cc1ccc(C#N)c(Sc2ncns2)n1. The molecule has 0 unspecified atom stereocenters. The average Bonchev–Trinajstić information content (AvgIpc) is 2.71. The molecular formula is C9H6N4S2. The van der Waals surface area contributed by atoms with Crippen LogP contribution in [0, 0.1) is 18.3 Å². The van der Waals surface area contributed by atoms with E-state index < -0.39 is 0 Å². The molecule has 74 valence electrons. The maximum absolute atomic E-state index is 8.90. The van der Waals surface area contributed by atoms with Gasteiger partial charge in [0.1, 0.15) is 17.4 Å². The van der Waals surface area contributed by atoms with E-state index >= 15 is 0 Å². The van der Waals surface area contributed by atoms with Gasteiger partial charge in [-0.3, -0.25) is 0 Å². The van der Waals surface area contributed by atoms with Gasteiger partial charge in [-0.25, -0.2) is 9.97 Å². The summed E-state index contributed by atoms with van der Waals surface area (Å²) in [6.07, 6.45) is 1.49. The second kappa shape index (κ2) is 4.38. The molecule has 0 fully saturated rings. The summed E-state index contributed by atoms with van der Waals surface area (Å²) in [5.74, 6) is 0. The third-order valence-corrected chi connectivity index (χ3v) is 3.36. The van der Waals surface area contributed by atoms with Crippen molar-refractivity contribution in [3.8, 4) is 6.07 Å². The van der Waals surface area contributed by atoms with Crippen molar-refractivity contribution in [2.75, 3.05) is 0 Å². The number of aromatic nitrogens is 3. The number of hydrogen-bond donors (Lipinski definition) is 0. The molecule has 0 atom stereocenters. The van der Waals surface area contributed by atoms with Crippen LogP contribution in [0.1, 0.15) is 11.3 Å². The monoisotopic (exact) mass is 234 g/mol. The van der Waals surface area contributed by atoms with Crippen LogP contribution in [0.25, 0.3) is 0 Å². The molecule has 2 rings (SSSR count). The standard InChI is InChI=1S/C9H6N4S2/c1-6-2-3-7(4-10)8(13-6)14-9-11-5-12-15-9/h2-3,5H,1H3. The summed E-state index contributed by atoms with van der Waals surface area (Å²) in [6.45, 7) is 1.89. The van der Waals surface area contributed by atoms with Crippen LogP contribution in [0.5, 0.6) is 0 Å². The summed E-state index contributed by atoms with van der Waals surface area (Å²) in [5.41, 5.74) is 1.46. The molecule has 0 spiro atoms. The lowest BCUT2D eigenvalue weighted by Crippen LogP contribution is -1.89. The van der Waals surface area contributed by atoms with Crippen LogP contribution in [-0.4, -0.2) is 14.3 Å². The Morgan fingerprint density at radius 3 is 3.00 bits per heavy atom. The van der Waals surface area contributed by atoms with Gasteiger partial charge in [0.2, 0.25) is 0 Å². The highest BCUT2D eigenvalue weighted by Crippen LogP contribution is 2.28. The summed E-state index contributed by atoms with van der Waals surface area (Å²) in [5, 5.41) is 9.59. The van der Waals surface area contributed by atoms with Crippen molar-refractivity contribution in [2.45, 2.75) is 16.3 Å². The summed E-state index contributed by atoms with van der Waals surface area (Å²) in [4.78, 5) is 8.34. The van der Waals surface area contributed by atoms with Gasteiger partial charge in [0.25, 0.3) is 0 Å². The number of aryl methyl sites for hydroxylation is 1. The highest BCUT2D eigenvalue weighted by molar-refractivity contribution is 8.00. The van der Waals surface area contributed by atoms with Crippen molar-refractivity contribution in [3.63, 3.8) is 0 Å². The van der Waals surface area contributed by atoms with Gasteiger partial charge in [-0.1, -0.05) is 0 Å². The first-order valence-electron chi connectivity index (χ1n) is 4.12. The first kappa shape index (κ1) is 10.1. The van der Waals surface area contributed by atoms with Gasteiger partial charge in [-0.15, -0.1) is 0 Å². The lowest BCUT2D eigenvalue weighted by atomic mass is 10.3. The first-order chi connectivity index (χ1) is 7.29. The minimum atomic E-state index is 0.570. The first-order valence-corrected chi connectivity index (χ1v) is 5.71. The number of nitrogens with zero attached hydrogens (tertiary/aromatic N) is 4. The minimum absolute atomic E-state index is 0.570. The van der Waals surface area contributed by atoms with E-state index in [2.05, 4.69) is 20.4 Å². The molecule has 0 saturated carbocycles. The van der Waals surface area contributed by atoms with E-state index in [0.717, 1.165) is 10.0 Å². The highest BCUT2D eigenvalue weighted by Gasteiger charge is 2.08. The Labute approximate surface area is 95.2 Å². The van der Waals surface area contributed by atoms with E-state index in [1.165, 1.54) is 29.6 Å². The fraction of sp³-hybridized carbons (Fsp3) is 0.111. The van der Waals surface area contributed by atoms with Crippen molar-refractivity contribution >= 4 is 23.3 Å². The van der Waals surface area contributed by atoms with Gasteiger partial charge >= 0.3 is 0 Å². The molecule has 15 heavy (non-hydrogen) atoms. The molecule has 0 aromatic carbocycles. The van der Waals surface area contributed by atoms with E-state index in [9.17, 15) is 0 Å². The van der Waals surface area contributed by atoms with Crippen molar-refractivity contribution in [2.24, 2.45) is 0 Å². The predicted octanol–water partition coefficient (Wildman–Crippen LogP) is 2.26. The fourth-order valence-corrected chi connectivity index (χ4v) is 2.46. The zero-order chi connectivity index (χ0) is 10.7. The second-order valence-corrected chi connectivity index (χ2v) is 4.74. The lowest BCUT2D eigenvalue weighted by molar-refractivity contribution is 1.04. The zero-order valence-corrected chi connectivity index (χ0v) is 9.47. The van der Waals surface area contributed by atoms with E-state index in [1.807, 2.05) is 13.0 Å². The third-order valence-electron chi connectivity index (χ3n) is 1.65. The predicted molar refractivity (Wildman–Crippen MR) is 57.7 cm³/mol. The number of pyridine rings is 1. The Hall–Kier alpha value is -1.45. The molecule has 0 N–H and O–H groups in total. The Balaban J connectivity index is 2.35. The molecule has 4 nitrogen and oxygen atoms in total. The Kier molecular flexibility index (Phi) is 2.94. The van der Waals surface area contributed by atoms with Gasteiger partial charge in [0, 0.05) is 5.69 Å². The molecule has 0 bridgehead atoms. The highest BCUT2D eigenvalue weighted by atomic mass is 32.2. The fourth-order valence-electron chi connectivity index (χ4n) is 0.986. The van der Waals surface area contributed by atoms with E-state index in [4.69, 9.17) is 5.26 Å². The molecule has 0 aliphatic rings. The number of rotatable bonds is 2. The molecule has 0 aliphatic carbocycles. The number of nitriles is 1. The molecule has 0 radical (unpaired) electrons. The van der Waals surface area contributed by atoms with Crippen molar-refractivity contribution in [3.05, 3.63) is 29.7 Å². The van der Waals surface area contributed by atoms with Gasteiger partial charge < -0.3 is 0 Å². The van der Waals surface area contributed by atoms with Crippen LogP contribution < -0.4 is 0 Å². The summed E-state index contributed by atoms with van der Waals surface area (Å²) in [6, 6.07) is 5.70. The topological polar surface area (TPSA) is 62.5 Å². The van der Waals surface area contributed by atoms with Crippen LogP contribution in [-0.2, 0) is 0 Å². The van der Waals surface area contributed by atoms with Crippen LogP contribution in [0.2, 0.25) is 0 Å². The molecule has 0 saturated heterocycles. The summed E-state index contributed by atoms with van der Waals surface area (Å²) in [7, 11) is 0. The molecule has 2 aromatic rings. The van der Waals surface area contributed by atoms with Crippen LogP contribution in [0.4, 0.5) is 0 Å². The van der Waals surface area contributed by atoms with Gasteiger partial charge in [-0.05, 0) is 42.4 Å². The molecule has 0 aliphatic heterocycles. The third kappa shape index (κ3) is 2.32. The average molecular weight is 234 g/mol. The van der Waals surface area contributed by atoms with Crippen molar-refractivity contribution in [1.82, 2.24) is 14.3 Å². The van der Waals surface area contributed by atoms with Crippen molar-refractivity contribution < 1.29 is 0 Å². The van der Waals surface area contributed by atoms with E-state index in [0.29, 0.717) is 10.6 Å². The Morgan fingerprint density at radius 1 is 1.47 bits per heavy atom. The van der Waals surface area contributed by atoms with Crippen LogP contribution >= 0.6 is 23.3 Å². The molecule has 0 amide bonds. The molecule has 2 heterocycles. The van der Waals surface area contributed by atoms with Crippen LogP contribution in [0.3, 0.4) is 0 Å². The van der Waals surface area contributed by atoms with Gasteiger partial charge in [-0.2, -0.15) is 9.64 Å². The maximum Gasteiger partial charge on any atom is 0.176 e. The second-order valence-electron chi connectivity index (χ2n) is 2.73. The Morgan fingerprint density at radius 2 is 2.33 bits per heavy atom. The molecule has 2 aromatic heterocycles. The number of hydrogen-bond acceptors (Lipinski definition) is 6. The quantitative estimate of drug-likeness (QED) is 0.797. The maximum atomic E-state index is 8.90. The molecule has 6 heteroatoms. The van der Waals surface area contributed by atoms with E-state index in [1.54, 1.807) is 6.07 Å². The minimum Gasteiger partial charge on any atom is -0.245 e. The summed E-state index contributed by atoms with van der Waals surface area (Å²) < 4.78 is 4.69. The lowest BCUT2D eigenvalue weighted by Gasteiger charge is -2.00. The normalized spacial score (nSPS) is 9.87. The smallest absolute Gasteiger partial charge is 0.176 e. The van der Waals surface area contributed by atoms with Gasteiger partial charge in [0.15, 0.2) is 4.34 Å².